The summed E-state index contributed by atoms with van der Waals surface area (Å²) in [4.78, 5) is 11.8. The van der Waals surface area contributed by atoms with Crippen LogP contribution in [0.3, 0.4) is 0 Å². The van der Waals surface area contributed by atoms with Gasteiger partial charge in [0.05, 0.1) is 5.56 Å². The molecule has 1 rings (SSSR count). The molecule has 16 heavy (non-hydrogen) atoms. The lowest BCUT2D eigenvalue weighted by Crippen LogP contribution is -2.36. The Balaban J connectivity index is 2.66. The quantitative estimate of drug-likeness (QED) is 0.763. The van der Waals surface area contributed by atoms with Crippen molar-refractivity contribution in [1.82, 2.24) is 5.32 Å². The average Bonchev–Trinajstić information content (AvgIpc) is 2.16. The molecule has 0 bridgehead atoms. The minimum absolute atomic E-state index is 0.127. The number of hydrogen-bond acceptors (Lipinski definition) is 3. The molecular weight excluding hydrogens is 224 g/mol. The van der Waals surface area contributed by atoms with Crippen LogP contribution in [0.2, 0.25) is 0 Å². The zero-order valence-electron chi connectivity index (χ0n) is 9.40. The Morgan fingerprint density at radius 3 is 2.69 bits per heavy atom. The summed E-state index contributed by atoms with van der Waals surface area (Å²) in [5.41, 5.74) is 6.58. The molecule has 0 saturated heterocycles. The van der Waals surface area contributed by atoms with E-state index < -0.39 is 10.8 Å². The van der Waals surface area contributed by atoms with Crippen LogP contribution in [0.15, 0.2) is 24.3 Å². The maximum atomic E-state index is 11.8. The number of nitrogen functional groups attached to an aromatic ring is 1. The standard InChI is InChI=1S/C11H16N2O2S/c1-8(7-16(2)15)13-11(14)9-5-3-4-6-10(9)12/h3-6,8H,7,12H2,1-2H3,(H,13,14). The lowest BCUT2D eigenvalue weighted by Gasteiger charge is -2.13. The summed E-state index contributed by atoms with van der Waals surface area (Å²) in [5.74, 6) is 0.217. The molecule has 2 unspecified atom stereocenters. The first-order chi connectivity index (χ1) is 7.50. The zero-order valence-corrected chi connectivity index (χ0v) is 10.2. The van der Waals surface area contributed by atoms with E-state index in [0.717, 1.165) is 0 Å². The van der Waals surface area contributed by atoms with Gasteiger partial charge < -0.3 is 11.1 Å². The van der Waals surface area contributed by atoms with E-state index in [-0.39, 0.29) is 11.9 Å². The Labute approximate surface area is 97.7 Å². The second-order valence-corrected chi connectivity index (χ2v) is 5.18. The monoisotopic (exact) mass is 240 g/mol. The molecule has 0 saturated carbocycles. The van der Waals surface area contributed by atoms with E-state index in [2.05, 4.69) is 5.32 Å². The Morgan fingerprint density at radius 1 is 1.50 bits per heavy atom. The van der Waals surface area contributed by atoms with Crippen molar-refractivity contribution in [3.05, 3.63) is 29.8 Å². The molecule has 0 aromatic heterocycles. The van der Waals surface area contributed by atoms with E-state index in [0.29, 0.717) is 17.0 Å². The van der Waals surface area contributed by atoms with Crippen molar-refractivity contribution in [3.63, 3.8) is 0 Å². The fourth-order valence-electron chi connectivity index (χ4n) is 1.40. The van der Waals surface area contributed by atoms with Crippen LogP contribution in [0.1, 0.15) is 17.3 Å². The van der Waals surface area contributed by atoms with Gasteiger partial charge in [-0.2, -0.15) is 0 Å². The number of carbonyl (C=O) groups is 1. The molecule has 5 heteroatoms. The molecule has 88 valence electrons. The van der Waals surface area contributed by atoms with Gasteiger partial charge >= 0.3 is 0 Å². The summed E-state index contributed by atoms with van der Waals surface area (Å²) in [7, 11) is -0.920. The van der Waals surface area contributed by atoms with Crippen LogP contribution in [-0.4, -0.2) is 28.2 Å². The van der Waals surface area contributed by atoms with Gasteiger partial charge in [-0.05, 0) is 19.1 Å². The fourth-order valence-corrected chi connectivity index (χ4v) is 2.19. The minimum Gasteiger partial charge on any atom is -0.398 e. The van der Waals surface area contributed by atoms with Gasteiger partial charge in [0.1, 0.15) is 0 Å². The van der Waals surface area contributed by atoms with Gasteiger partial charge in [0.25, 0.3) is 5.91 Å². The number of anilines is 1. The van der Waals surface area contributed by atoms with Crippen molar-refractivity contribution >= 4 is 22.4 Å². The predicted molar refractivity (Wildman–Crippen MR) is 66.7 cm³/mol. The van der Waals surface area contributed by atoms with E-state index in [1.165, 1.54) is 0 Å². The van der Waals surface area contributed by atoms with Gasteiger partial charge in [0.2, 0.25) is 0 Å². The molecule has 0 aliphatic rings. The number of nitrogens with one attached hydrogen (secondary N) is 1. The molecule has 1 aromatic carbocycles. The lowest BCUT2D eigenvalue weighted by molar-refractivity contribution is 0.0944. The highest BCUT2D eigenvalue weighted by Crippen LogP contribution is 2.10. The third-order valence-electron chi connectivity index (χ3n) is 2.07. The highest BCUT2D eigenvalue weighted by atomic mass is 32.2. The molecule has 1 amide bonds. The molecule has 1 aromatic rings. The molecule has 3 N–H and O–H groups in total. The number of rotatable bonds is 4. The molecule has 4 nitrogen and oxygen atoms in total. The molecular formula is C11H16N2O2S. The number of nitrogens with two attached hydrogens (primary N) is 1. The van der Waals surface area contributed by atoms with Crippen LogP contribution in [0.4, 0.5) is 5.69 Å². The molecule has 0 aliphatic carbocycles. The normalized spacial score (nSPS) is 14.1. The second kappa shape index (κ2) is 5.65. The maximum Gasteiger partial charge on any atom is 0.253 e. The highest BCUT2D eigenvalue weighted by molar-refractivity contribution is 7.84. The lowest BCUT2D eigenvalue weighted by atomic mass is 10.1. The number of amides is 1. The summed E-state index contributed by atoms with van der Waals surface area (Å²) in [6, 6.07) is 6.75. The zero-order chi connectivity index (χ0) is 12.1. The summed E-state index contributed by atoms with van der Waals surface area (Å²) in [6.07, 6.45) is 1.61. The van der Waals surface area contributed by atoms with Gasteiger partial charge in [-0.25, -0.2) is 0 Å². The summed E-state index contributed by atoms with van der Waals surface area (Å²) in [5, 5.41) is 2.76. The van der Waals surface area contributed by atoms with Crippen LogP contribution in [0.25, 0.3) is 0 Å². The topological polar surface area (TPSA) is 72.2 Å². The van der Waals surface area contributed by atoms with Gasteiger partial charge in [0, 0.05) is 34.5 Å². The maximum absolute atomic E-state index is 11.8. The minimum atomic E-state index is -0.920. The molecule has 0 aliphatic heterocycles. The smallest absolute Gasteiger partial charge is 0.253 e. The Kier molecular flexibility index (Phi) is 4.49. The summed E-state index contributed by atoms with van der Waals surface area (Å²) in [6.45, 7) is 1.82. The van der Waals surface area contributed by atoms with E-state index in [1.54, 1.807) is 30.5 Å². The molecule has 0 fully saturated rings. The molecule has 0 heterocycles. The summed E-state index contributed by atoms with van der Waals surface area (Å²) >= 11 is 0. The van der Waals surface area contributed by atoms with Crippen molar-refractivity contribution < 1.29 is 9.00 Å². The van der Waals surface area contributed by atoms with E-state index in [4.69, 9.17) is 5.73 Å². The second-order valence-electron chi connectivity index (χ2n) is 3.70. The number of para-hydroxylation sites is 1. The van der Waals surface area contributed by atoms with Gasteiger partial charge in [-0.1, -0.05) is 12.1 Å². The highest BCUT2D eigenvalue weighted by Gasteiger charge is 2.12. The first-order valence-corrected chi connectivity index (χ1v) is 6.69. The van der Waals surface area contributed by atoms with Gasteiger partial charge in [0.15, 0.2) is 0 Å². The Bertz CT molecular complexity index is 407. The largest absolute Gasteiger partial charge is 0.398 e. The average molecular weight is 240 g/mol. The number of carbonyl (C=O) groups excluding carboxylic acids is 1. The van der Waals surface area contributed by atoms with Crippen LogP contribution in [0.5, 0.6) is 0 Å². The van der Waals surface area contributed by atoms with Crippen LogP contribution in [-0.2, 0) is 10.8 Å². The molecule has 0 spiro atoms. The van der Waals surface area contributed by atoms with Crippen molar-refractivity contribution in [2.45, 2.75) is 13.0 Å². The van der Waals surface area contributed by atoms with Crippen LogP contribution in [0, 0.1) is 0 Å². The van der Waals surface area contributed by atoms with E-state index in [1.807, 2.05) is 6.92 Å². The third kappa shape index (κ3) is 3.66. The van der Waals surface area contributed by atoms with E-state index >= 15 is 0 Å². The van der Waals surface area contributed by atoms with Crippen molar-refractivity contribution in [2.75, 3.05) is 17.7 Å². The number of benzene rings is 1. The fraction of sp³-hybridized carbons (Fsp3) is 0.364. The van der Waals surface area contributed by atoms with E-state index in [9.17, 15) is 9.00 Å². The third-order valence-corrected chi connectivity index (χ3v) is 3.04. The first-order valence-electron chi connectivity index (χ1n) is 4.96. The van der Waals surface area contributed by atoms with Crippen LogP contribution >= 0.6 is 0 Å². The summed E-state index contributed by atoms with van der Waals surface area (Å²) < 4.78 is 11.0. The Hall–Kier alpha value is -1.36. The van der Waals surface area contributed by atoms with Gasteiger partial charge in [-0.3, -0.25) is 9.00 Å². The van der Waals surface area contributed by atoms with Gasteiger partial charge in [-0.15, -0.1) is 0 Å². The first kappa shape index (κ1) is 12.7. The number of hydrogen-bond donors (Lipinski definition) is 2. The SMILES string of the molecule is CC(CS(C)=O)NC(=O)c1ccccc1N. The Morgan fingerprint density at radius 2 is 2.12 bits per heavy atom. The van der Waals surface area contributed by atoms with Crippen molar-refractivity contribution in [1.29, 1.82) is 0 Å². The molecule has 2 atom stereocenters. The predicted octanol–water partition coefficient (Wildman–Crippen LogP) is 0.766. The van der Waals surface area contributed by atoms with Crippen molar-refractivity contribution in [3.8, 4) is 0 Å². The van der Waals surface area contributed by atoms with Crippen molar-refractivity contribution in [2.24, 2.45) is 0 Å². The van der Waals surface area contributed by atoms with Crippen LogP contribution < -0.4 is 11.1 Å². The molecule has 0 radical (unpaired) electrons.